The second-order valence-corrected chi connectivity index (χ2v) is 8.31. The Labute approximate surface area is 189 Å². The zero-order valence-electron chi connectivity index (χ0n) is 17.3. The number of nitrogens with zero attached hydrogens (tertiary/aromatic N) is 2. The van der Waals surface area contributed by atoms with Crippen molar-refractivity contribution in [2.45, 2.75) is 44.0 Å². The summed E-state index contributed by atoms with van der Waals surface area (Å²) in [6, 6.07) is 4.50. The first-order chi connectivity index (χ1) is 15.2. The van der Waals surface area contributed by atoms with Gasteiger partial charge in [0.2, 0.25) is 5.60 Å². The van der Waals surface area contributed by atoms with Crippen LogP contribution in [0, 0.1) is 5.82 Å². The molecule has 1 aliphatic rings. The Bertz CT molecular complexity index is 1120. The fourth-order valence-electron chi connectivity index (χ4n) is 3.27. The van der Waals surface area contributed by atoms with Gasteiger partial charge in [0.1, 0.15) is 22.9 Å². The third kappa shape index (κ3) is 4.70. The maximum Gasteiger partial charge on any atom is 0.424 e. The second kappa shape index (κ2) is 8.60. The average molecular weight is 494 g/mol. The van der Waals surface area contributed by atoms with Crippen LogP contribution in [-0.2, 0) is 16.7 Å². The highest BCUT2D eigenvalue weighted by Gasteiger charge is 2.59. The van der Waals surface area contributed by atoms with E-state index in [4.69, 9.17) is 22.1 Å². The summed E-state index contributed by atoms with van der Waals surface area (Å²) in [5.41, 5.74) is 0.591. The molecule has 1 aromatic heterocycles. The maximum atomic E-state index is 14.6. The van der Waals surface area contributed by atoms with Gasteiger partial charge in [0.15, 0.2) is 5.78 Å². The molecule has 0 bridgehead atoms. The molecule has 3 rings (SSSR count). The lowest BCUT2D eigenvalue weighted by Gasteiger charge is -2.41. The number of carbonyl (C=O) groups is 1. The summed E-state index contributed by atoms with van der Waals surface area (Å²) < 4.78 is 85.1. The molecule has 33 heavy (non-hydrogen) atoms. The standard InChI is InChI=1S/C21H18ClF6N3O2/c1-19(9-33-20(2,18(29)31-19)21(26,27)28)12-5-10(3-4-14(12)23)6-15(32)16-13(22)7-11(8-30-16)17(24)25/h3-5,7-8,17H,6,9H2,1-2H3,(H2,29,31)/t19-,20+/m0/s1. The Morgan fingerprint density at radius 2 is 1.94 bits per heavy atom. The predicted octanol–water partition coefficient (Wildman–Crippen LogP) is 5.16. The molecule has 1 aromatic carbocycles. The number of amidine groups is 1. The minimum absolute atomic E-state index is 0.132. The van der Waals surface area contributed by atoms with Crippen LogP contribution in [0.25, 0.3) is 0 Å². The number of hydrogen-bond donors (Lipinski definition) is 1. The molecule has 0 saturated carbocycles. The Balaban J connectivity index is 1.91. The highest BCUT2D eigenvalue weighted by atomic mass is 35.5. The number of hydrogen-bond acceptors (Lipinski definition) is 5. The molecule has 0 saturated heterocycles. The molecule has 0 unspecified atom stereocenters. The molecule has 0 radical (unpaired) electrons. The van der Waals surface area contributed by atoms with Crippen LogP contribution in [0.3, 0.4) is 0 Å². The maximum absolute atomic E-state index is 14.6. The second-order valence-electron chi connectivity index (χ2n) is 7.90. The summed E-state index contributed by atoms with van der Waals surface area (Å²) in [4.78, 5) is 20.2. The zero-order chi connectivity index (χ0) is 24.8. The zero-order valence-corrected chi connectivity index (χ0v) is 18.1. The van der Waals surface area contributed by atoms with Gasteiger partial charge < -0.3 is 10.5 Å². The van der Waals surface area contributed by atoms with Crippen LogP contribution in [0.5, 0.6) is 0 Å². The number of nitrogens with two attached hydrogens (primary N) is 1. The number of ketones is 1. The first-order valence-corrected chi connectivity index (χ1v) is 9.88. The minimum atomic E-state index is -4.83. The molecule has 178 valence electrons. The monoisotopic (exact) mass is 493 g/mol. The van der Waals surface area contributed by atoms with Gasteiger partial charge in [-0.1, -0.05) is 17.7 Å². The van der Waals surface area contributed by atoms with Gasteiger partial charge >= 0.3 is 6.18 Å². The average Bonchev–Trinajstić information content (AvgIpc) is 2.71. The van der Waals surface area contributed by atoms with E-state index in [0.717, 1.165) is 25.3 Å². The molecular formula is C21H18ClF6N3O2. The predicted molar refractivity (Wildman–Crippen MR) is 108 cm³/mol. The van der Waals surface area contributed by atoms with Crippen molar-refractivity contribution in [1.82, 2.24) is 4.98 Å². The van der Waals surface area contributed by atoms with Gasteiger partial charge in [-0.15, -0.1) is 0 Å². The quantitative estimate of drug-likeness (QED) is 0.461. The van der Waals surface area contributed by atoms with Gasteiger partial charge in [0.05, 0.1) is 11.6 Å². The van der Waals surface area contributed by atoms with Crippen LogP contribution in [0.2, 0.25) is 5.02 Å². The molecule has 0 fully saturated rings. The van der Waals surface area contributed by atoms with E-state index in [1.165, 1.54) is 19.1 Å². The van der Waals surface area contributed by atoms with E-state index in [1.807, 2.05) is 0 Å². The summed E-state index contributed by atoms with van der Waals surface area (Å²) >= 11 is 5.90. The number of carbonyl (C=O) groups excluding carboxylic acids is 1. The van der Waals surface area contributed by atoms with Gasteiger partial charge in [-0.3, -0.25) is 14.8 Å². The molecule has 2 heterocycles. The number of rotatable bonds is 5. The van der Waals surface area contributed by atoms with Crippen molar-refractivity contribution in [3.8, 4) is 0 Å². The van der Waals surface area contributed by atoms with Gasteiger partial charge in [-0.25, -0.2) is 13.2 Å². The summed E-state index contributed by atoms with van der Waals surface area (Å²) in [5.74, 6) is -2.28. The first-order valence-electron chi connectivity index (χ1n) is 9.50. The van der Waals surface area contributed by atoms with E-state index in [1.54, 1.807) is 0 Å². The number of alkyl halides is 5. The lowest BCUT2D eigenvalue weighted by atomic mass is 9.88. The molecule has 1 aliphatic heterocycles. The molecule has 0 amide bonds. The summed E-state index contributed by atoms with van der Waals surface area (Å²) in [5, 5.41) is -0.267. The van der Waals surface area contributed by atoms with Crippen molar-refractivity contribution < 1.29 is 35.9 Å². The van der Waals surface area contributed by atoms with Crippen molar-refractivity contribution in [3.63, 3.8) is 0 Å². The van der Waals surface area contributed by atoms with Crippen LogP contribution in [-0.4, -0.2) is 35.0 Å². The van der Waals surface area contributed by atoms with E-state index >= 15 is 0 Å². The number of halogens is 7. The Morgan fingerprint density at radius 1 is 1.27 bits per heavy atom. The molecule has 2 aromatic rings. The number of pyridine rings is 1. The fourth-order valence-corrected chi connectivity index (χ4v) is 3.55. The van der Waals surface area contributed by atoms with E-state index in [9.17, 15) is 31.1 Å². The van der Waals surface area contributed by atoms with Gasteiger partial charge in [-0.05, 0) is 37.6 Å². The molecule has 0 aliphatic carbocycles. The van der Waals surface area contributed by atoms with Gasteiger partial charge in [-0.2, -0.15) is 13.2 Å². The van der Waals surface area contributed by atoms with E-state index in [-0.39, 0.29) is 28.3 Å². The summed E-state index contributed by atoms with van der Waals surface area (Å²) in [6.45, 7) is 1.45. The molecular weight excluding hydrogens is 476 g/mol. The highest BCUT2D eigenvalue weighted by Crippen LogP contribution is 2.41. The van der Waals surface area contributed by atoms with Crippen molar-refractivity contribution in [3.05, 3.63) is 63.7 Å². The number of benzene rings is 1. The number of aromatic nitrogens is 1. The van der Waals surface area contributed by atoms with Gasteiger partial charge in [0, 0.05) is 23.7 Å². The third-order valence-electron chi connectivity index (χ3n) is 5.39. The summed E-state index contributed by atoms with van der Waals surface area (Å²) in [7, 11) is 0. The highest BCUT2D eigenvalue weighted by molar-refractivity contribution is 6.33. The largest absolute Gasteiger partial charge is 0.424 e. The molecule has 12 heteroatoms. The van der Waals surface area contributed by atoms with E-state index in [2.05, 4.69) is 9.98 Å². The summed E-state index contributed by atoms with van der Waals surface area (Å²) in [6.07, 6.45) is -7.15. The Morgan fingerprint density at radius 3 is 2.48 bits per heavy atom. The minimum Gasteiger partial charge on any atom is -0.385 e. The lowest BCUT2D eigenvalue weighted by molar-refractivity contribution is -0.249. The van der Waals surface area contributed by atoms with Crippen molar-refractivity contribution >= 4 is 23.2 Å². The van der Waals surface area contributed by atoms with E-state index in [0.29, 0.717) is 0 Å². The number of aliphatic imine (C=N–C) groups is 1. The first kappa shape index (κ1) is 25.0. The van der Waals surface area contributed by atoms with Crippen LogP contribution in [0.4, 0.5) is 26.3 Å². The normalized spacial score (nSPS) is 23.5. The third-order valence-corrected chi connectivity index (χ3v) is 5.68. The van der Waals surface area contributed by atoms with Crippen molar-refractivity contribution in [2.75, 3.05) is 6.61 Å². The van der Waals surface area contributed by atoms with Gasteiger partial charge in [0.25, 0.3) is 6.43 Å². The fraction of sp³-hybridized carbons (Fsp3) is 0.381. The van der Waals surface area contributed by atoms with E-state index < -0.39 is 53.3 Å². The lowest BCUT2D eigenvalue weighted by Crippen LogP contribution is -2.60. The molecule has 2 atom stereocenters. The van der Waals surface area contributed by atoms with Crippen LogP contribution < -0.4 is 5.73 Å². The topological polar surface area (TPSA) is 77.6 Å². The molecule has 0 spiro atoms. The van der Waals surface area contributed by atoms with Crippen molar-refractivity contribution in [1.29, 1.82) is 0 Å². The van der Waals surface area contributed by atoms with Crippen LogP contribution >= 0.6 is 11.6 Å². The Kier molecular flexibility index (Phi) is 6.51. The molecule has 5 nitrogen and oxygen atoms in total. The molecule has 2 N–H and O–H groups in total. The van der Waals surface area contributed by atoms with Crippen molar-refractivity contribution in [2.24, 2.45) is 10.7 Å². The smallest absolute Gasteiger partial charge is 0.385 e. The SMILES string of the molecule is C[C@@]1(c2cc(CC(=O)c3ncc(C(F)F)cc3Cl)ccc2F)CO[C@@](C)(C(F)(F)F)C(N)=N1. The van der Waals surface area contributed by atoms with Crippen LogP contribution in [0.15, 0.2) is 35.5 Å². The number of Topliss-reactive ketones (excluding diaryl/α,β-unsaturated/α-hetero) is 1. The number of ether oxygens (including phenoxy) is 1. The van der Waals surface area contributed by atoms with Crippen LogP contribution in [0.1, 0.15) is 47.5 Å². The Hall–Kier alpha value is -2.66.